The first-order valence-corrected chi connectivity index (χ1v) is 11.2. The van der Waals surface area contributed by atoms with Gasteiger partial charge in [-0.25, -0.2) is 0 Å². The first-order valence-electron chi connectivity index (χ1n) is 9.54. The molecular weight excluding hydrogens is 441 g/mol. The third-order valence-corrected chi connectivity index (χ3v) is 6.42. The molecule has 0 radical (unpaired) electrons. The monoisotopic (exact) mass is 463 g/mol. The molecule has 3 rings (SSSR count). The molecule has 0 bridgehead atoms. The molecule has 30 heavy (non-hydrogen) atoms. The zero-order chi connectivity index (χ0) is 21.8. The quantitative estimate of drug-likeness (QED) is 0.493. The summed E-state index contributed by atoms with van der Waals surface area (Å²) >= 11 is 13.9. The Kier molecular flexibility index (Phi) is 7.23. The van der Waals surface area contributed by atoms with Crippen LogP contribution in [0.2, 0.25) is 10.0 Å². The minimum atomic E-state index is -0.354. The summed E-state index contributed by atoms with van der Waals surface area (Å²) in [6.07, 6.45) is 0. The van der Waals surface area contributed by atoms with Gasteiger partial charge in [-0.15, -0.1) is 11.3 Å². The van der Waals surface area contributed by atoms with Crippen LogP contribution in [-0.2, 0) is 11.3 Å². The van der Waals surface area contributed by atoms with Gasteiger partial charge in [-0.05, 0) is 50.4 Å². The summed E-state index contributed by atoms with van der Waals surface area (Å²) in [4.78, 5) is 28.5. The van der Waals surface area contributed by atoms with Crippen molar-refractivity contribution in [3.05, 3.63) is 73.7 Å². The van der Waals surface area contributed by atoms with Crippen LogP contribution in [0.25, 0.3) is 0 Å². The van der Waals surface area contributed by atoms with Crippen LogP contribution in [0.5, 0.6) is 0 Å². The van der Waals surface area contributed by atoms with Crippen molar-refractivity contribution in [2.45, 2.75) is 27.3 Å². The maximum absolute atomic E-state index is 13.2. The number of thiophene rings is 1. The fourth-order valence-electron chi connectivity index (χ4n) is 3.29. The first kappa shape index (κ1) is 22.4. The summed E-state index contributed by atoms with van der Waals surface area (Å²) in [6, 6.07) is 11.0. The lowest BCUT2D eigenvalue weighted by molar-refractivity contribution is -0.116. The molecule has 2 heterocycles. The fourth-order valence-corrected chi connectivity index (χ4v) is 4.47. The Morgan fingerprint density at radius 3 is 2.43 bits per heavy atom. The van der Waals surface area contributed by atoms with Gasteiger partial charge in [-0.2, -0.15) is 0 Å². The van der Waals surface area contributed by atoms with E-state index >= 15 is 0 Å². The molecule has 1 N–H and O–H groups in total. The van der Waals surface area contributed by atoms with Crippen LogP contribution in [0, 0.1) is 13.8 Å². The highest BCUT2D eigenvalue weighted by atomic mass is 35.5. The van der Waals surface area contributed by atoms with E-state index in [9.17, 15) is 9.59 Å². The van der Waals surface area contributed by atoms with Gasteiger partial charge >= 0.3 is 0 Å². The molecule has 0 saturated heterocycles. The highest BCUT2D eigenvalue weighted by Gasteiger charge is 2.23. The number of aromatic nitrogens is 1. The maximum Gasteiger partial charge on any atom is 0.256 e. The molecule has 2 amide bonds. The lowest BCUT2D eigenvalue weighted by atomic mass is 10.2. The summed E-state index contributed by atoms with van der Waals surface area (Å²) in [7, 11) is 0. The largest absolute Gasteiger partial charge is 0.343 e. The minimum Gasteiger partial charge on any atom is -0.343 e. The van der Waals surface area contributed by atoms with Gasteiger partial charge < -0.3 is 14.8 Å². The van der Waals surface area contributed by atoms with Crippen molar-refractivity contribution in [3.63, 3.8) is 0 Å². The summed E-state index contributed by atoms with van der Waals surface area (Å²) in [6.45, 7) is 6.80. The summed E-state index contributed by atoms with van der Waals surface area (Å²) in [5.41, 5.74) is 2.85. The number of amides is 2. The van der Waals surface area contributed by atoms with E-state index in [4.69, 9.17) is 23.2 Å². The standard InChI is InChI=1S/C22H23Cl2N3O2S/c1-4-26(13-20(28)25-21-18(23)8-5-9-19(21)24)22(29)17-11-14(2)27(15(17)3)12-16-7-6-10-30-16/h5-11H,4,12-13H2,1-3H3,(H,25,28). The number of anilines is 1. The van der Waals surface area contributed by atoms with E-state index in [1.54, 1.807) is 29.5 Å². The Morgan fingerprint density at radius 2 is 1.83 bits per heavy atom. The number of para-hydroxylation sites is 1. The first-order chi connectivity index (χ1) is 14.3. The molecule has 158 valence electrons. The number of aryl methyl sites for hydroxylation is 1. The van der Waals surface area contributed by atoms with E-state index in [2.05, 4.69) is 16.0 Å². The highest BCUT2D eigenvalue weighted by molar-refractivity contribution is 7.09. The van der Waals surface area contributed by atoms with Gasteiger partial charge in [0.2, 0.25) is 5.91 Å². The van der Waals surface area contributed by atoms with Gasteiger partial charge in [0.1, 0.15) is 6.54 Å². The molecule has 0 saturated carbocycles. The molecule has 1 aromatic carbocycles. The van der Waals surface area contributed by atoms with Crippen LogP contribution in [0.1, 0.15) is 33.5 Å². The number of hydrogen-bond acceptors (Lipinski definition) is 3. The number of likely N-dealkylation sites (N-methyl/N-ethyl adjacent to an activating group) is 1. The Balaban J connectivity index is 1.75. The van der Waals surface area contributed by atoms with Crippen molar-refractivity contribution in [2.24, 2.45) is 0 Å². The van der Waals surface area contributed by atoms with Gasteiger partial charge in [0, 0.05) is 22.8 Å². The molecule has 0 atom stereocenters. The van der Waals surface area contributed by atoms with Crippen LogP contribution in [-0.4, -0.2) is 34.4 Å². The lowest BCUT2D eigenvalue weighted by Gasteiger charge is -2.21. The van der Waals surface area contributed by atoms with Gasteiger partial charge in [0.15, 0.2) is 0 Å². The van der Waals surface area contributed by atoms with Crippen molar-refractivity contribution in [1.29, 1.82) is 0 Å². The molecule has 0 spiro atoms. The molecule has 8 heteroatoms. The Labute approximate surface area is 190 Å². The summed E-state index contributed by atoms with van der Waals surface area (Å²) < 4.78 is 2.12. The van der Waals surface area contributed by atoms with Crippen LogP contribution < -0.4 is 5.32 Å². The van der Waals surface area contributed by atoms with Gasteiger partial charge in [0.05, 0.1) is 27.8 Å². The van der Waals surface area contributed by atoms with E-state index in [0.29, 0.717) is 27.8 Å². The number of hydrogen-bond donors (Lipinski definition) is 1. The lowest BCUT2D eigenvalue weighted by Crippen LogP contribution is -2.38. The van der Waals surface area contributed by atoms with E-state index in [0.717, 1.165) is 17.9 Å². The maximum atomic E-state index is 13.2. The summed E-state index contributed by atoms with van der Waals surface area (Å²) in [5, 5.41) is 5.45. The normalized spacial score (nSPS) is 10.8. The van der Waals surface area contributed by atoms with Crippen molar-refractivity contribution >= 4 is 52.0 Å². The molecule has 3 aromatic rings. The van der Waals surface area contributed by atoms with E-state index in [1.165, 1.54) is 9.78 Å². The third-order valence-electron chi connectivity index (χ3n) is 4.93. The highest BCUT2D eigenvalue weighted by Crippen LogP contribution is 2.29. The van der Waals surface area contributed by atoms with Gasteiger partial charge in [-0.3, -0.25) is 9.59 Å². The predicted molar refractivity (Wildman–Crippen MR) is 124 cm³/mol. The van der Waals surface area contributed by atoms with Gasteiger partial charge in [0.25, 0.3) is 5.91 Å². The second-order valence-electron chi connectivity index (χ2n) is 6.91. The Hall–Kier alpha value is -2.28. The topological polar surface area (TPSA) is 54.3 Å². The second kappa shape index (κ2) is 9.69. The van der Waals surface area contributed by atoms with E-state index in [-0.39, 0.29) is 18.4 Å². The second-order valence-corrected chi connectivity index (χ2v) is 8.76. The van der Waals surface area contributed by atoms with Crippen LogP contribution >= 0.6 is 34.5 Å². The molecule has 0 aliphatic heterocycles. The van der Waals surface area contributed by atoms with Crippen LogP contribution in [0.15, 0.2) is 41.8 Å². The van der Waals surface area contributed by atoms with Crippen molar-refractivity contribution in [2.75, 3.05) is 18.4 Å². The molecule has 0 aliphatic carbocycles. The number of nitrogens with one attached hydrogen (secondary N) is 1. The molecule has 0 aliphatic rings. The SMILES string of the molecule is CCN(CC(=O)Nc1c(Cl)cccc1Cl)C(=O)c1cc(C)n(Cc2cccs2)c1C. The predicted octanol–water partition coefficient (Wildman–Crippen LogP) is 5.62. The number of rotatable bonds is 7. The molecule has 0 unspecified atom stereocenters. The average molecular weight is 464 g/mol. The number of carbonyl (C=O) groups is 2. The Bertz CT molecular complexity index is 1040. The van der Waals surface area contributed by atoms with Crippen LogP contribution in [0.3, 0.4) is 0 Å². The number of carbonyl (C=O) groups excluding carboxylic acids is 2. The van der Waals surface area contributed by atoms with Gasteiger partial charge in [-0.1, -0.05) is 35.3 Å². The number of nitrogens with zero attached hydrogens (tertiary/aromatic N) is 2. The van der Waals surface area contributed by atoms with Crippen molar-refractivity contribution in [3.8, 4) is 0 Å². The zero-order valence-electron chi connectivity index (χ0n) is 17.0. The van der Waals surface area contributed by atoms with Crippen molar-refractivity contribution in [1.82, 2.24) is 9.47 Å². The molecule has 0 fully saturated rings. The number of halogens is 2. The fraction of sp³-hybridized carbons (Fsp3) is 0.273. The third kappa shape index (κ3) is 4.89. The average Bonchev–Trinajstić information content (AvgIpc) is 3.32. The molecule has 2 aromatic heterocycles. The van der Waals surface area contributed by atoms with E-state index in [1.807, 2.05) is 38.3 Å². The smallest absolute Gasteiger partial charge is 0.256 e. The minimum absolute atomic E-state index is 0.0918. The zero-order valence-corrected chi connectivity index (χ0v) is 19.4. The molecular formula is C22H23Cl2N3O2S. The van der Waals surface area contributed by atoms with Crippen molar-refractivity contribution < 1.29 is 9.59 Å². The summed E-state index contributed by atoms with van der Waals surface area (Å²) in [5.74, 6) is -0.531. The van der Waals surface area contributed by atoms with Crippen LogP contribution in [0.4, 0.5) is 5.69 Å². The number of benzene rings is 1. The molecule has 5 nitrogen and oxygen atoms in total. The van der Waals surface area contributed by atoms with E-state index < -0.39 is 0 Å². The Morgan fingerprint density at radius 1 is 1.13 bits per heavy atom.